The van der Waals surface area contributed by atoms with Gasteiger partial charge in [0.1, 0.15) is 5.69 Å². The fourth-order valence-electron chi connectivity index (χ4n) is 2.72. The summed E-state index contributed by atoms with van der Waals surface area (Å²) in [7, 11) is 0. The largest absolute Gasteiger partial charge is 0.391 e. The van der Waals surface area contributed by atoms with E-state index in [-0.39, 0.29) is 18.7 Å². The van der Waals surface area contributed by atoms with Gasteiger partial charge in [0.2, 0.25) is 0 Å². The number of β-amino-alcohol motifs (C(OH)–C–C–N with tert-alkyl or cyclic N) is 1. The van der Waals surface area contributed by atoms with E-state index in [1.54, 1.807) is 6.92 Å². The molecule has 0 aliphatic carbocycles. The predicted molar refractivity (Wildman–Crippen MR) is 77.5 cm³/mol. The average molecular weight is 319 g/mol. The Morgan fingerprint density at radius 1 is 1.26 bits per heavy atom. The fraction of sp³-hybridized carbons (Fsp3) is 0.312. The van der Waals surface area contributed by atoms with Crippen LogP contribution in [0.25, 0.3) is 0 Å². The molecular weight excluding hydrogens is 304 g/mol. The maximum absolute atomic E-state index is 13.5. The Labute approximate surface area is 131 Å². The van der Waals surface area contributed by atoms with Gasteiger partial charge in [-0.05, 0) is 31.0 Å². The van der Waals surface area contributed by atoms with E-state index in [9.17, 15) is 18.7 Å². The molecule has 0 saturated carbocycles. The molecule has 23 heavy (non-hydrogen) atoms. The minimum Gasteiger partial charge on any atom is -0.391 e. The minimum absolute atomic E-state index is 0.109. The summed E-state index contributed by atoms with van der Waals surface area (Å²) < 4.78 is 26.6. The number of nitrogens with zero attached hydrogens (tertiary/aromatic N) is 3. The average Bonchev–Trinajstić information content (AvgIpc) is 2.92. The van der Waals surface area contributed by atoms with Gasteiger partial charge < -0.3 is 10.0 Å². The molecule has 7 heteroatoms. The maximum Gasteiger partial charge on any atom is 0.274 e. The lowest BCUT2D eigenvalue weighted by Crippen LogP contribution is -2.32. The monoisotopic (exact) mass is 319 g/mol. The Balaban J connectivity index is 1.91. The Hall–Kier alpha value is -2.41. The Morgan fingerprint density at radius 3 is 2.70 bits per heavy atom. The van der Waals surface area contributed by atoms with E-state index in [1.807, 2.05) is 0 Å². The van der Waals surface area contributed by atoms with Gasteiger partial charge in [0.15, 0.2) is 11.6 Å². The van der Waals surface area contributed by atoms with Crippen LogP contribution in [0.4, 0.5) is 8.78 Å². The molecule has 0 bridgehead atoms. The molecule has 2 atom stereocenters. The van der Waals surface area contributed by atoms with Crippen LogP contribution in [0.3, 0.4) is 0 Å². The summed E-state index contributed by atoms with van der Waals surface area (Å²) in [5, 5.41) is 9.90. The van der Waals surface area contributed by atoms with Gasteiger partial charge in [0, 0.05) is 12.7 Å². The number of aliphatic hydroxyl groups is 1. The number of hydrogen-bond donors (Lipinski definition) is 1. The Bertz CT molecular complexity index is 737. The lowest BCUT2D eigenvalue weighted by molar-refractivity contribution is 0.0709. The molecule has 1 N–H and O–H groups in total. The number of aliphatic hydroxyl groups excluding tert-OH is 1. The second kappa shape index (κ2) is 6.00. The van der Waals surface area contributed by atoms with Gasteiger partial charge >= 0.3 is 0 Å². The Kier molecular flexibility index (Phi) is 4.04. The van der Waals surface area contributed by atoms with E-state index in [0.717, 1.165) is 12.1 Å². The number of carbonyl (C=O) groups is 1. The van der Waals surface area contributed by atoms with Crippen molar-refractivity contribution in [3.63, 3.8) is 0 Å². The van der Waals surface area contributed by atoms with Crippen LogP contribution in [0, 0.1) is 18.6 Å². The van der Waals surface area contributed by atoms with Crippen LogP contribution in [-0.2, 0) is 0 Å². The third-order valence-corrected chi connectivity index (χ3v) is 3.87. The zero-order chi connectivity index (χ0) is 16.6. The Morgan fingerprint density at radius 2 is 2.04 bits per heavy atom. The highest BCUT2D eigenvalue weighted by atomic mass is 19.2. The molecule has 3 rings (SSSR count). The highest BCUT2D eigenvalue weighted by molar-refractivity contribution is 5.92. The number of amides is 1. The van der Waals surface area contributed by atoms with Crippen molar-refractivity contribution in [1.29, 1.82) is 0 Å². The van der Waals surface area contributed by atoms with Gasteiger partial charge in [-0.1, -0.05) is 6.07 Å². The van der Waals surface area contributed by atoms with Gasteiger partial charge in [-0.3, -0.25) is 9.78 Å². The normalized spacial score (nSPS) is 20.8. The summed E-state index contributed by atoms with van der Waals surface area (Å²) in [6.45, 7) is 1.86. The first-order valence-electron chi connectivity index (χ1n) is 7.18. The second-order valence-electron chi connectivity index (χ2n) is 5.58. The van der Waals surface area contributed by atoms with E-state index in [2.05, 4.69) is 9.97 Å². The van der Waals surface area contributed by atoms with Crippen molar-refractivity contribution >= 4 is 5.91 Å². The number of likely N-dealkylation sites (tertiary alicyclic amines) is 1. The van der Waals surface area contributed by atoms with Crippen molar-refractivity contribution in [2.24, 2.45) is 0 Å². The standard InChI is InChI=1S/C16H15F2N3O2/c1-9-6-20-14(7-19-9)16(23)21-8-11(22)5-15(21)10-2-3-12(17)13(18)4-10/h2-4,6-7,11,15,22H,5,8H2,1H3/t11-,15+/m0/s1. The second-order valence-corrected chi connectivity index (χ2v) is 5.58. The smallest absolute Gasteiger partial charge is 0.274 e. The van der Waals surface area contributed by atoms with Crippen LogP contribution in [0.5, 0.6) is 0 Å². The number of aromatic nitrogens is 2. The summed E-state index contributed by atoms with van der Waals surface area (Å²) in [4.78, 5) is 22.1. The van der Waals surface area contributed by atoms with E-state index in [1.165, 1.54) is 23.4 Å². The highest BCUT2D eigenvalue weighted by Gasteiger charge is 2.36. The maximum atomic E-state index is 13.5. The van der Waals surface area contributed by atoms with E-state index in [4.69, 9.17) is 0 Å². The van der Waals surface area contributed by atoms with Crippen LogP contribution >= 0.6 is 0 Å². The first-order valence-corrected chi connectivity index (χ1v) is 7.18. The molecule has 1 aliphatic heterocycles. The lowest BCUT2D eigenvalue weighted by atomic mass is 10.0. The minimum atomic E-state index is -0.980. The summed E-state index contributed by atoms with van der Waals surface area (Å²) in [5.74, 6) is -2.33. The van der Waals surface area contributed by atoms with Crippen molar-refractivity contribution < 1.29 is 18.7 Å². The number of aryl methyl sites for hydroxylation is 1. The van der Waals surface area contributed by atoms with E-state index >= 15 is 0 Å². The molecule has 1 fully saturated rings. The molecule has 0 radical (unpaired) electrons. The molecule has 1 aromatic heterocycles. The van der Waals surface area contributed by atoms with Crippen LogP contribution in [-0.4, -0.2) is 38.5 Å². The van der Waals surface area contributed by atoms with E-state index in [0.29, 0.717) is 11.3 Å². The molecule has 5 nitrogen and oxygen atoms in total. The van der Waals surface area contributed by atoms with Gasteiger partial charge in [-0.15, -0.1) is 0 Å². The highest BCUT2D eigenvalue weighted by Crippen LogP contribution is 2.33. The number of hydrogen-bond acceptors (Lipinski definition) is 4. The summed E-state index contributed by atoms with van der Waals surface area (Å²) in [6.07, 6.45) is 2.38. The van der Waals surface area contributed by atoms with Crippen LogP contribution < -0.4 is 0 Å². The molecule has 1 amide bonds. The van der Waals surface area contributed by atoms with Crippen molar-refractivity contribution in [3.05, 3.63) is 59.2 Å². The molecule has 2 heterocycles. The summed E-state index contributed by atoms with van der Waals surface area (Å²) in [6, 6.07) is 2.96. The van der Waals surface area contributed by atoms with Crippen molar-refractivity contribution in [3.8, 4) is 0 Å². The SMILES string of the molecule is Cc1cnc(C(=O)N2C[C@@H](O)C[C@@H]2c2ccc(F)c(F)c2)cn1. The molecular formula is C16H15F2N3O2. The quantitative estimate of drug-likeness (QED) is 0.919. The topological polar surface area (TPSA) is 66.3 Å². The molecule has 1 saturated heterocycles. The predicted octanol–water partition coefficient (Wildman–Crippen LogP) is 2.01. The van der Waals surface area contributed by atoms with Gasteiger partial charge in [-0.2, -0.15) is 0 Å². The molecule has 1 aliphatic rings. The molecule has 0 unspecified atom stereocenters. The van der Waals surface area contributed by atoms with Crippen molar-refractivity contribution in [1.82, 2.24) is 14.9 Å². The fourth-order valence-corrected chi connectivity index (χ4v) is 2.72. The van der Waals surface area contributed by atoms with Crippen molar-refractivity contribution in [2.75, 3.05) is 6.54 Å². The third-order valence-electron chi connectivity index (χ3n) is 3.87. The molecule has 120 valence electrons. The first kappa shape index (κ1) is 15.5. The van der Waals surface area contributed by atoms with Gasteiger partial charge in [0.25, 0.3) is 5.91 Å². The van der Waals surface area contributed by atoms with E-state index < -0.39 is 29.7 Å². The zero-order valence-corrected chi connectivity index (χ0v) is 12.4. The summed E-state index contributed by atoms with van der Waals surface area (Å²) >= 11 is 0. The molecule has 1 aromatic carbocycles. The number of benzene rings is 1. The summed E-state index contributed by atoms with van der Waals surface area (Å²) in [5.41, 5.74) is 1.27. The van der Waals surface area contributed by atoms with Gasteiger partial charge in [-0.25, -0.2) is 13.8 Å². The number of carbonyl (C=O) groups excluding carboxylic acids is 1. The van der Waals surface area contributed by atoms with Gasteiger partial charge in [0.05, 0.1) is 24.0 Å². The van der Waals surface area contributed by atoms with Crippen LogP contribution in [0.15, 0.2) is 30.6 Å². The van der Waals surface area contributed by atoms with Crippen LogP contribution in [0.2, 0.25) is 0 Å². The first-order chi connectivity index (χ1) is 11.0. The third kappa shape index (κ3) is 3.05. The molecule has 0 spiro atoms. The molecule has 2 aromatic rings. The van der Waals surface area contributed by atoms with Crippen LogP contribution in [0.1, 0.15) is 34.2 Å². The van der Waals surface area contributed by atoms with Crippen molar-refractivity contribution in [2.45, 2.75) is 25.5 Å². The lowest BCUT2D eigenvalue weighted by Gasteiger charge is -2.24. The number of rotatable bonds is 2. The number of halogens is 2. The zero-order valence-electron chi connectivity index (χ0n) is 12.4.